The largest absolute Gasteiger partial charge is 0.416 e. The number of halogens is 3. The molecule has 1 N–H and O–H groups in total. The van der Waals surface area contributed by atoms with Gasteiger partial charge < -0.3 is 14.5 Å². The van der Waals surface area contributed by atoms with Crippen LogP contribution in [-0.2, 0) is 28.7 Å². The fraction of sp³-hybridized carbons (Fsp3) is 0.292. The summed E-state index contributed by atoms with van der Waals surface area (Å²) in [7, 11) is 0. The number of morpholine rings is 1. The summed E-state index contributed by atoms with van der Waals surface area (Å²) in [5, 5.41) is 3.36. The molecule has 0 spiro atoms. The van der Waals surface area contributed by atoms with E-state index in [0.717, 1.165) is 49.9 Å². The maximum absolute atomic E-state index is 13.1. The normalized spacial score (nSPS) is 14.9. The molecule has 1 aliphatic heterocycles. The lowest BCUT2D eigenvalue weighted by Gasteiger charge is -2.25. The zero-order valence-corrected chi connectivity index (χ0v) is 19.4. The number of nitrogens with one attached hydrogen (secondary N) is 1. The van der Waals surface area contributed by atoms with Crippen molar-refractivity contribution in [2.24, 2.45) is 0 Å². The number of anilines is 1. The summed E-state index contributed by atoms with van der Waals surface area (Å²) in [6.07, 6.45) is 0.801. The monoisotopic (exact) mass is 501 g/mol. The molecule has 182 valence electrons. The van der Waals surface area contributed by atoms with Gasteiger partial charge in [-0.1, -0.05) is 18.2 Å². The molecule has 0 radical (unpaired) electrons. The number of aromatic nitrogens is 3. The Bertz CT molecular complexity index is 1340. The lowest BCUT2D eigenvalue weighted by Crippen LogP contribution is -2.35. The van der Waals surface area contributed by atoms with E-state index in [1.165, 1.54) is 17.4 Å². The summed E-state index contributed by atoms with van der Waals surface area (Å²) in [4.78, 5) is 24.9. The van der Waals surface area contributed by atoms with Crippen molar-refractivity contribution >= 4 is 28.0 Å². The van der Waals surface area contributed by atoms with Crippen molar-refractivity contribution in [2.45, 2.75) is 19.1 Å². The lowest BCUT2D eigenvalue weighted by molar-refractivity contribution is -0.137. The predicted molar refractivity (Wildman–Crippen MR) is 126 cm³/mol. The summed E-state index contributed by atoms with van der Waals surface area (Å²) in [5.41, 5.74) is 1.20. The van der Waals surface area contributed by atoms with Crippen molar-refractivity contribution in [3.05, 3.63) is 71.0 Å². The summed E-state index contributed by atoms with van der Waals surface area (Å²) < 4.78 is 46.4. The standard InChI is InChI=1S/C24H22F3N5O2S/c25-24(26,27)18-5-1-3-16(11-18)20-15-32-6-2-4-17(22(32)29-20)12-21(33)30-23-28-13-19(35-23)14-31-7-9-34-10-8-31/h1-6,11,13,15H,7-10,12,14H2,(H,28,30,33). The SMILES string of the molecule is O=C(Cc1cccn2cc(-c3cccc(C(F)(F)F)c3)nc12)Nc1ncc(CN2CCOCC2)s1. The van der Waals surface area contributed by atoms with E-state index in [1.807, 2.05) is 0 Å². The van der Waals surface area contributed by atoms with Crippen LogP contribution in [0, 0.1) is 0 Å². The summed E-state index contributed by atoms with van der Waals surface area (Å²) in [5.74, 6) is -0.242. The van der Waals surface area contributed by atoms with Crippen LogP contribution in [0.25, 0.3) is 16.9 Å². The maximum Gasteiger partial charge on any atom is 0.416 e. The minimum absolute atomic E-state index is 0.0573. The molecule has 1 aromatic carbocycles. The number of carbonyl (C=O) groups excluding carboxylic acids is 1. The Hall–Kier alpha value is -3.28. The lowest BCUT2D eigenvalue weighted by atomic mass is 10.1. The fourth-order valence-corrected chi connectivity index (χ4v) is 4.83. The first-order valence-electron chi connectivity index (χ1n) is 11.0. The zero-order chi connectivity index (χ0) is 24.4. The van der Waals surface area contributed by atoms with Crippen molar-refractivity contribution in [2.75, 3.05) is 31.6 Å². The highest BCUT2D eigenvalue weighted by Crippen LogP contribution is 2.32. The number of thiazole rings is 1. The minimum Gasteiger partial charge on any atom is -0.379 e. The smallest absolute Gasteiger partial charge is 0.379 e. The van der Waals surface area contributed by atoms with Gasteiger partial charge in [0.2, 0.25) is 5.91 Å². The Morgan fingerprint density at radius 2 is 2.00 bits per heavy atom. The second-order valence-electron chi connectivity index (χ2n) is 8.21. The summed E-state index contributed by atoms with van der Waals surface area (Å²) >= 11 is 1.44. The van der Waals surface area contributed by atoms with Gasteiger partial charge in [-0.3, -0.25) is 9.69 Å². The average molecular weight is 502 g/mol. The molecular weight excluding hydrogens is 479 g/mol. The van der Waals surface area contributed by atoms with Gasteiger partial charge in [-0.15, -0.1) is 11.3 Å². The molecule has 3 aromatic heterocycles. The molecule has 4 aromatic rings. The number of hydrogen-bond acceptors (Lipinski definition) is 6. The van der Waals surface area contributed by atoms with Gasteiger partial charge in [0.1, 0.15) is 5.65 Å². The third-order valence-corrected chi connectivity index (χ3v) is 6.58. The molecule has 35 heavy (non-hydrogen) atoms. The van der Waals surface area contributed by atoms with Crippen molar-refractivity contribution < 1.29 is 22.7 Å². The Kier molecular flexibility index (Phi) is 6.54. The third kappa shape index (κ3) is 5.53. The molecule has 7 nitrogen and oxygen atoms in total. The molecule has 5 rings (SSSR count). The van der Waals surface area contributed by atoms with E-state index < -0.39 is 11.7 Å². The number of carbonyl (C=O) groups is 1. The van der Waals surface area contributed by atoms with Gasteiger partial charge in [0, 0.05) is 54.2 Å². The van der Waals surface area contributed by atoms with Crippen molar-refractivity contribution in [3.8, 4) is 11.3 Å². The molecule has 1 saturated heterocycles. The number of hydrogen-bond donors (Lipinski definition) is 1. The van der Waals surface area contributed by atoms with Crippen LogP contribution in [0.1, 0.15) is 16.0 Å². The molecule has 0 unspecified atom stereocenters. The zero-order valence-electron chi connectivity index (χ0n) is 18.6. The van der Waals surface area contributed by atoms with Gasteiger partial charge in [0.15, 0.2) is 5.13 Å². The Labute approximate surface area is 203 Å². The summed E-state index contributed by atoms with van der Waals surface area (Å²) in [6.45, 7) is 3.95. The third-order valence-electron chi connectivity index (χ3n) is 5.68. The van der Waals surface area contributed by atoms with Crippen molar-refractivity contribution in [3.63, 3.8) is 0 Å². The quantitative estimate of drug-likeness (QED) is 0.422. The van der Waals surface area contributed by atoms with Gasteiger partial charge in [-0.25, -0.2) is 9.97 Å². The van der Waals surface area contributed by atoms with Gasteiger partial charge in [-0.05, 0) is 18.2 Å². The van der Waals surface area contributed by atoms with Crippen LogP contribution in [-0.4, -0.2) is 51.5 Å². The Morgan fingerprint density at radius 1 is 1.17 bits per heavy atom. The van der Waals surface area contributed by atoms with E-state index in [-0.39, 0.29) is 12.3 Å². The predicted octanol–water partition coefficient (Wildman–Crippen LogP) is 4.49. The Balaban J connectivity index is 1.29. The molecular formula is C24H22F3N5O2S. The van der Waals surface area contributed by atoms with E-state index >= 15 is 0 Å². The van der Waals surface area contributed by atoms with Crippen LogP contribution >= 0.6 is 11.3 Å². The molecule has 0 saturated carbocycles. The molecule has 1 amide bonds. The number of fused-ring (bicyclic) bond motifs is 1. The second-order valence-corrected chi connectivity index (χ2v) is 9.33. The van der Waals surface area contributed by atoms with Crippen LogP contribution < -0.4 is 5.32 Å². The highest BCUT2D eigenvalue weighted by Gasteiger charge is 2.30. The number of benzene rings is 1. The first-order valence-corrected chi connectivity index (χ1v) is 11.9. The molecule has 0 bridgehead atoms. The van der Waals surface area contributed by atoms with E-state index in [0.29, 0.717) is 27.6 Å². The van der Waals surface area contributed by atoms with Crippen LogP contribution in [0.2, 0.25) is 0 Å². The van der Waals surface area contributed by atoms with Gasteiger partial charge in [0.25, 0.3) is 0 Å². The first-order chi connectivity index (χ1) is 16.8. The van der Waals surface area contributed by atoms with Gasteiger partial charge >= 0.3 is 6.18 Å². The van der Waals surface area contributed by atoms with Crippen molar-refractivity contribution in [1.82, 2.24) is 19.3 Å². The molecule has 4 heterocycles. The number of rotatable bonds is 6. The fourth-order valence-electron chi connectivity index (χ4n) is 3.96. The molecule has 11 heteroatoms. The average Bonchev–Trinajstić information content (AvgIpc) is 3.47. The Morgan fingerprint density at radius 3 is 2.80 bits per heavy atom. The first kappa shape index (κ1) is 23.5. The number of alkyl halides is 3. The maximum atomic E-state index is 13.1. The van der Waals surface area contributed by atoms with Gasteiger partial charge in [-0.2, -0.15) is 13.2 Å². The van der Waals surface area contributed by atoms with E-state index in [4.69, 9.17) is 4.74 Å². The number of nitrogens with zero attached hydrogens (tertiary/aromatic N) is 4. The van der Waals surface area contributed by atoms with Crippen LogP contribution in [0.5, 0.6) is 0 Å². The topological polar surface area (TPSA) is 71.8 Å². The van der Waals surface area contributed by atoms with Crippen molar-refractivity contribution in [1.29, 1.82) is 0 Å². The highest BCUT2D eigenvalue weighted by molar-refractivity contribution is 7.15. The van der Waals surface area contributed by atoms with E-state index in [2.05, 4.69) is 20.2 Å². The number of pyridine rings is 1. The van der Waals surface area contributed by atoms with Gasteiger partial charge in [0.05, 0.1) is 30.9 Å². The van der Waals surface area contributed by atoms with Crippen LogP contribution in [0.15, 0.2) is 55.0 Å². The minimum atomic E-state index is -4.43. The van der Waals surface area contributed by atoms with E-state index in [1.54, 1.807) is 41.2 Å². The number of ether oxygens (including phenoxy) is 1. The number of amides is 1. The second kappa shape index (κ2) is 9.76. The number of imidazole rings is 1. The molecule has 0 atom stereocenters. The molecule has 1 aliphatic rings. The van der Waals surface area contributed by atoms with E-state index in [9.17, 15) is 18.0 Å². The highest BCUT2D eigenvalue weighted by atomic mass is 32.1. The van der Waals surface area contributed by atoms with Crippen LogP contribution in [0.3, 0.4) is 0 Å². The van der Waals surface area contributed by atoms with Crippen LogP contribution in [0.4, 0.5) is 18.3 Å². The summed E-state index contributed by atoms with van der Waals surface area (Å²) in [6, 6.07) is 8.60. The molecule has 0 aliphatic carbocycles. The molecule has 1 fully saturated rings.